The monoisotopic (exact) mass is 320 g/mol. The van der Waals surface area contributed by atoms with Crippen LogP contribution in [0.1, 0.15) is 10.6 Å². The van der Waals surface area contributed by atoms with E-state index in [1.54, 1.807) is 18.3 Å². The van der Waals surface area contributed by atoms with E-state index >= 15 is 0 Å². The highest BCUT2D eigenvalue weighted by Gasteiger charge is 2.10. The molecule has 0 atom stereocenters. The number of aromatic amines is 2. The number of hydrogen-bond donors (Lipinski definition) is 3. The first-order chi connectivity index (χ1) is 11.7. The highest BCUT2D eigenvalue weighted by molar-refractivity contribution is 6.01. The van der Waals surface area contributed by atoms with E-state index in [1.807, 2.05) is 41.1 Å². The summed E-state index contributed by atoms with van der Waals surface area (Å²) in [5.41, 5.74) is 1.94. The standard InChI is InChI=1S/C16H12N6O2/c23-15(14-19-16(24)21-20-14)18-11-5-7-12(8-6-11)22-13-4-2-1-3-10(13)9-17-22/h1-9H,(H,18,23)(H2,19,20,21,24). The van der Waals surface area contributed by atoms with Gasteiger partial charge in [0, 0.05) is 11.1 Å². The zero-order chi connectivity index (χ0) is 16.5. The Bertz CT molecular complexity index is 1070. The fourth-order valence-electron chi connectivity index (χ4n) is 2.43. The van der Waals surface area contributed by atoms with E-state index in [9.17, 15) is 9.59 Å². The predicted molar refractivity (Wildman–Crippen MR) is 88.2 cm³/mol. The van der Waals surface area contributed by atoms with Crippen LogP contribution in [0, 0.1) is 0 Å². The van der Waals surface area contributed by atoms with Crippen LogP contribution >= 0.6 is 0 Å². The van der Waals surface area contributed by atoms with Crippen molar-refractivity contribution in [2.24, 2.45) is 0 Å². The molecule has 0 spiro atoms. The van der Waals surface area contributed by atoms with Crippen molar-refractivity contribution >= 4 is 22.5 Å². The lowest BCUT2D eigenvalue weighted by Gasteiger charge is -2.06. The molecule has 0 saturated carbocycles. The van der Waals surface area contributed by atoms with Crippen molar-refractivity contribution in [2.75, 3.05) is 5.32 Å². The lowest BCUT2D eigenvalue weighted by Crippen LogP contribution is -2.14. The van der Waals surface area contributed by atoms with Crippen molar-refractivity contribution in [3.8, 4) is 5.69 Å². The molecule has 24 heavy (non-hydrogen) atoms. The summed E-state index contributed by atoms with van der Waals surface area (Å²) in [7, 11) is 0. The molecule has 8 heteroatoms. The molecule has 4 aromatic rings. The second kappa shape index (κ2) is 5.51. The number of aromatic nitrogens is 5. The molecule has 118 valence electrons. The first-order valence-electron chi connectivity index (χ1n) is 7.20. The number of anilines is 1. The van der Waals surface area contributed by atoms with Gasteiger partial charge in [0.05, 0.1) is 17.4 Å². The number of nitrogens with zero attached hydrogens (tertiary/aromatic N) is 3. The Kier molecular flexibility index (Phi) is 3.20. The van der Waals surface area contributed by atoms with Gasteiger partial charge in [0.25, 0.3) is 5.91 Å². The highest BCUT2D eigenvalue weighted by Crippen LogP contribution is 2.19. The lowest BCUT2D eigenvalue weighted by molar-refractivity contribution is 0.101. The van der Waals surface area contributed by atoms with Gasteiger partial charge in [-0.2, -0.15) is 5.10 Å². The van der Waals surface area contributed by atoms with E-state index in [-0.39, 0.29) is 5.82 Å². The van der Waals surface area contributed by atoms with E-state index in [2.05, 4.69) is 25.6 Å². The first kappa shape index (κ1) is 13.9. The molecule has 2 aromatic carbocycles. The molecular weight excluding hydrogens is 308 g/mol. The molecule has 0 aliphatic carbocycles. The quantitative estimate of drug-likeness (QED) is 0.533. The first-order valence-corrected chi connectivity index (χ1v) is 7.20. The van der Waals surface area contributed by atoms with Gasteiger partial charge < -0.3 is 5.32 Å². The van der Waals surface area contributed by atoms with Crippen molar-refractivity contribution in [3.05, 3.63) is 71.0 Å². The summed E-state index contributed by atoms with van der Waals surface area (Å²) in [6.07, 6.45) is 1.80. The molecule has 0 unspecified atom stereocenters. The summed E-state index contributed by atoms with van der Waals surface area (Å²) in [4.78, 5) is 25.2. The maximum atomic E-state index is 11.9. The second-order valence-corrected chi connectivity index (χ2v) is 5.14. The zero-order valence-electron chi connectivity index (χ0n) is 12.4. The fourth-order valence-corrected chi connectivity index (χ4v) is 2.43. The normalized spacial score (nSPS) is 10.8. The molecular formula is C16H12N6O2. The van der Waals surface area contributed by atoms with Crippen LogP contribution in [0.4, 0.5) is 5.69 Å². The largest absolute Gasteiger partial charge is 0.341 e. The number of nitrogens with one attached hydrogen (secondary N) is 3. The predicted octanol–water partition coefficient (Wildman–Crippen LogP) is 1.69. The molecule has 4 rings (SSSR count). The van der Waals surface area contributed by atoms with E-state index < -0.39 is 11.6 Å². The van der Waals surface area contributed by atoms with Crippen LogP contribution in [0.25, 0.3) is 16.6 Å². The van der Waals surface area contributed by atoms with Crippen LogP contribution < -0.4 is 11.0 Å². The molecule has 3 N–H and O–H groups in total. The van der Waals surface area contributed by atoms with Gasteiger partial charge in [0.2, 0.25) is 5.82 Å². The maximum Gasteiger partial charge on any atom is 0.341 e. The van der Waals surface area contributed by atoms with Crippen LogP contribution in [0.15, 0.2) is 59.5 Å². The molecule has 2 aromatic heterocycles. The summed E-state index contributed by atoms with van der Waals surface area (Å²) in [5, 5.41) is 13.8. The number of carbonyl (C=O) groups is 1. The Morgan fingerprint density at radius 1 is 1.08 bits per heavy atom. The minimum atomic E-state index is -0.527. The SMILES string of the molecule is O=C(Nc1ccc(-n2ncc3ccccc32)cc1)c1n[nH]c(=O)[nH]1. The number of hydrogen-bond acceptors (Lipinski definition) is 4. The summed E-state index contributed by atoms with van der Waals surface area (Å²) in [6.45, 7) is 0. The molecule has 0 fully saturated rings. The van der Waals surface area contributed by atoms with Gasteiger partial charge in [-0.3, -0.25) is 9.78 Å². The Morgan fingerprint density at radius 2 is 1.88 bits per heavy atom. The average Bonchev–Trinajstić information content (AvgIpc) is 3.22. The molecule has 0 aliphatic heterocycles. The topological polar surface area (TPSA) is 108 Å². The number of carbonyl (C=O) groups excluding carboxylic acids is 1. The molecule has 0 radical (unpaired) electrons. The second-order valence-electron chi connectivity index (χ2n) is 5.14. The van der Waals surface area contributed by atoms with Gasteiger partial charge in [-0.25, -0.2) is 14.6 Å². The van der Waals surface area contributed by atoms with Gasteiger partial charge in [-0.15, -0.1) is 5.10 Å². The van der Waals surface area contributed by atoms with Crippen molar-refractivity contribution < 1.29 is 4.79 Å². The van der Waals surface area contributed by atoms with Crippen LogP contribution in [-0.2, 0) is 0 Å². The minimum Gasteiger partial charge on any atom is -0.319 e. The highest BCUT2D eigenvalue weighted by atomic mass is 16.2. The summed E-state index contributed by atoms with van der Waals surface area (Å²) in [6, 6.07) is 15.1. The van der Waals surface area contributed by atoms with Gasteiger partial charge in [-0.1, -0.05) is 18.2 Å². The summed E-state index contributed by atoms with van der Waals surface area (Å²) >= 11 is 0. The maximum absolute atomic E-state index is 11.9. The average molecular weight is 320 g/mol. The number of rotatable bonds is 3. The van der Waals surface area contributed by atoms with E-state index in [0.717, 1.165) is 16.6 Å². The van der Waals surface area contributed by atoms with Crippen molar-refractivity contribution in [1.29, 1.82) is 0 Å². The Balaban J connectivity index is 1.59. The molecule has 0 bridgehead atoms. The van der Waals surface area contributed by atoms with Crippen LogP contribution in [0.2, 0.25) is 0 Å². The third kappa shape index (κ3) is 2.45. The van der Waals surface area contributed by atoms with E-state index in [4.69, 9.17) is 0 Å². The Labute approximate surface area is 135 Å². The number of para-hydroxylation sites is 1. The number of H-pyrrole nitrogens is 2. The number of benzene rings is 2. The fraction of sp³-hybridized carbons (Fsp3) is 0. The molecule has 2 heterocycles. The van der Waals surface area contributed by atoms with Gasteiger partial charge in [0.15, 0.2) is 0 Å². The molecule has 1 amide bonds. The molecule has 0 aliphatic rings. The van der Waals surface area contributed by atoms with Crippen molar-refractivity contribution in [1.82, 2.24) is 25.0 Å². The van der Waals surface area contributed by atoms with Crippen molar-refractivity contribution in [3.63, 3.8) is 0 Å². The van der Waals surface area contributed by atoms with Gasteiger partial charge in [-0.05, 0) is 30.3 Å². The lowest BCUT2D eigenvalue weighted by atomic mass is 10.2. The number of amides is 1. The van der Waals surface area contributed by atoms with Crippen LogP contribution in [0.5, 0.6) is 0 Å². The summed E-state index contributed by atoms with van der Waals surface area (Å²) in [5.74, 6) is -0.562. The van der Waals surface area contributed by atoms with Crippen LogP contribution in [0.3, 0.4) is 0 Å². The van der Waals surface area contributed by atoms with E-state index in [1.165, 1.54) is 0 Å². The number of fused-ring (bicyclic) bond motifs is 1. The van der Waals surface area contributed by atoms with Crippen LogP contribution in [-0.4, -0.2) is 30.9 Å². The summed E-state index contributed by atoms with van der Waals surface area (Å²) < 4.78 is 1.83. The van der Waals surface area contributed by atoms with Gasteiger partial charge >= 0.3 is 5.69 Å². The molecule has 8 nitrogen and oxygen atoms in total. The van der Waals surface area contributed by atoms with Gasteiger partial charge in [0.1, 0.15) is 0 Å². The smallest absolute Gasteiger partial charge is 0.319 e. The third-order valence-corrected chi connectivity index (χ3v) is 3.56. The molecule has 0 saturated heterocycles. The van der Waals surface area contributed by atoms with E-state index in [0.29, 0.717) is 5.69 Å². The Hall–Kier alpha value is -3.68. The zero-order valence-corrected chi connectivity index (χ0v) is 12.4. The van der Waals surface area contributed by atoms with Crippen molar-refractivity contribution in [2.45, 2.75) is 0 Å². The minimum absolute atomic E-state index is 0.0675. The Morgan fingerprint density at radius 3 is 2.62 bits per heavy atom. The third-order valence-electron chi connectivity index (χ3n) is 3.56.